The molecule has 2 aromatic rings. The number of amides is 1. The number of ketones is 1. The predicted octanol–water partition coefficient (Wildman–Crippen LogP) is 3.55. The molecule has 0 atom stereocenters. The zero-order valence-corrected chi connectivity index (χ0v) is 16.8. The average molecular weight is 410 g/mol. The third-order valence-electron chi connectivity index (χ3n) is 5.99. The second kappa shape index (κ2) is 7.44. The number of hydrogen-bond donors (Lipinski definition) is 0. The van der Waals surface area contributed by atoms with Crippen LogP contribution >= 0.6 is 0 Å². The van der Waals surface area contributed by atoms with Gasteiger partial charge < -0.3 is 14.4 Å². The Balaban J connectivity index is 1.51. The normalized spacial score (nSPS) is 17.3. The summed E-state index contributed by atoms with van der Waals surface area (Å²) in [6.07, 6.45) is 1.29. The molecule has 0 N–H and O–H groups in total. The first-order chi connectivity index (χ1) is 14.3. The lowest BCUT2D eigenvalue weighted by molar-refractivity contribution is -0.385. The lowest BCUT2D eigenvalue weighted by atomic mass is 9.82. The van der Waals surface area contributed by atoms with Gasteiger partial charge in [-0.1, -0.05) is 6.07 Å². The highest BCUT2D eigenvalue weighted by atomic mass is 16.6. The molecule has 0 saturated carbocycles. The lowest BCUT2D eigenvalue weighted by Gasteiger charge is -2.44. The second-order valence-electron chi connectivity index (χ2n) is 7.75. The molecular weight excluding hydrogens is 388 g/mol. The highest BCUT2D eigenvalue weighted by Crippen LogP contribution is 2.41. The van der Waals surface area contributed by atoms with Gasteiger partial charge in [-0.05, 0) is 25.1 Å². The molecule has 1 spiro atoms. The topological polar surface area (TPSA) is 99.0 Å². The van der Waals surface area contributed by atoms with E-state index in [1.807, 2.05) is 0 Å². The molecule has 1 amide bonds. The number of fused-ring (bicyclic) bond motifs is 1. The minimum atomic E-state index is -0.648. The minimum Gasteiger partial charge on any atom is -0.497 e. The molecule has 1 fully saturated rings. The third kappa shape index (κ3) is 3.38. The van der Waals surface area contributed by atoms with Gasteiger partial charge in [-0.15, -0.1) is 0 Å². The summed E-state index contributed by atoms with van der Waals surface area (Å²) in [4.78, 5) is 38.0. The van der Waals surface area contributed by atoms with Crippen molar-refractivity contribution in [2.75, 3.05) is 20.2 Å². The number of methoxy groups -OCH3 is 1. The van der Waals surface area contributed by atoms with Gasteiger partial charge in [-0.25, -0.2) is 0 Å². The van der Waals surface area contributed by atoms with E-state index in [1.165, 1.54) is 12.1 Å². The SMILES string of the molecule is COc1ccc2c(c1)OC1(CCN(C(=O)c3cccc([N+](=O)[O-])c3C)CC1)CC2=O. The molecule has 2 heterocycles. The van der Waals surface area contributed by atoms with Crippen molar-refractivity contribution in [2.24, 2.45) is 0 Å². The number of carbonyl (C=O) groups is 2. The van der Waals surface area contributed by atoms with Crippen LogP contribution in [0.2, 0.25) is 0 Å². The van der Waals surface area contributed by atoms with Crippen LogP contribution in [-0.4, -0.2) is 47.3 Å². The second-order valence-corrected chi connectivity index (χ2v) is 7.75. The Hall–Kier alpha value is -3.42. The largest absolute Gasteiger partial charge is 0.497 e. The van der Waals surface area contributed by atoms with E-state index in [1.54, 1.807) is 43.2 Å². The van der Waals surface area contributed by atoms with Crippen LogP contribution in [0.3, 0.4) is 0 Å². The van der Waals surface area contributed by atoms with Gasteiger partial charge in [0.1, 0.15) is 17.1 Å². The Bertz CT molecular complexity index is 1040. The number of hydrogen-bond acceptors (Lipinski definition) is 6. The number of nitro benzene ring substituents is 1. The van der Waals surface area contributed by atoms with E-state index in [4.69, 9.17) is 9.47 Å². The Labute approximate surface area is 173 Å². The number of rotatable bonds is 3. The van der Waals surface area contributed by atoms with Crippen LogP contribution in [-0.2, 0) is 0 Å². The number of likely N-dealkylation sites (tertiary alicyclic amines) is 1. The van der Waals surface area contributed by atoms with Crippen LogP contribution in [0.4, 0.5) is 5.69 Å². The molecule has 0 aromatic heterocycles. The highest BCUT2D eigenvalue weighted by molar-refractivity contribution is 6.00. The van der Waals surface area contributed by atoms with Crippen LogP contribution in [0.25, 0.3) is 0 Å². The number of benzene rings is 2. The monoisotopic (exact) mass is 410 g/mol. The summed E-state index contributed by atoms with van der Waals surface area (Å²) in [6.45, 7) is 2.41. The fourth-order valence-corrected chi connectivity index (χ4v) is 4.22. The summed E-state index contributed by atoms with van der Waals surface area (Å²) in [5.41, 5.74) is 0.521. The van der Waals surface area contributed by atoms with Gasteiger partial charge in [0.25, 0.3) is 11.6 Å². The van der Waals surface area contributed by atoms with Gasteiger partial charge in [0, 0.05) is 49.2 Å². The first-order valence-corrected chi connectivity index (χ1v) is 9.77. The lowest BCUT2D eigenvalue weighted by Crippen LogP contribution is -2.52. The average Bonchev–Trinajstić information content (AvgIpc) is 2.73. The van der Waals surface area contributed by atoms with E-state index >= 15 is 0 Å². The number of nitro groups is 1. The van der Waals surface area contributed by atoms with E-state index < -0.39 is 10.5 Å². The van der Waals surface area contributed by atoms with Crippen molar-refractivity contribution < 1.29 is 24.0 Å². The van der Waals surface area contributed by atoms with Gasteiger partial charge in [0.15, 0.2) is 5.78 Å². The summed E-state index contributed by atoms with van der Waals surface area (Å²) >= 11 is 0. The van der Waals surface area contributed by atoms with Crippen molar-refractivity contribution in [1.82, 2.24) is 4.90 Å². The van der Waals surface area contributed by atoms with Crippen LogP contribution in [0.1, 0.15) is 45.5 Å². The van der Waals surface area contributed by atoms with E-state index in [9.17, 15) is 19.7 Å². The first-order valence-electron chi connectivity index (χ1n) is 9.77. The third-order valence-corrected chi connectivity index (χ3v) is 5.99. The molecule has 0 aliphatic carbocycles. The Morgan fingerprint density at radius 1 is 1.23 bits per heavy atom. The maximum atomic E-state index is 13.0. The van der Waals surface area contributed by atoms with Crippen molar-refractivity contribution in [3.8, 4) is 11.5 Å². The molecule has 1 saturated heterocycles. The molecule has 0 unspecified atom stereocenters. The molecule has 8 nitrogen and oxygen atoms in total. The van der Waals surface area contributed by atoms with Crippen molar-refractivity contribution in [3.63, 3.8) is 0 Å². The molecular formula is C22H22N2O6. The maximum absolute atomic E-state index is 13.0. The predicted molar refractivity (Wildman–Crippen MR) is 108 cm³/mol. The highest BCUT2D eigenvalue weighted by Gasteiger charge is 2.44. The van der Waals surface area contributed by atoms with E-state index in [2.05, 4.69) is 0 Å². The number of carbonyl (C=O) groups excluding carboxylic acids is 2. The molecule has 156 valence electrons. The Kier molecular flexibility index (Phi) is 4.93. The molecule has 0 bridgehead atoms. The molecule has 2 aliphatic rings. The maximum Gasteiger partial charge on any atom is 0.273 e. The smallest absolute Gasteiger partial charge is 0.273 e. The fourth-order valence-electron chi connectivity index (χ4n) is 4.22. The van der Waals surface area contributed by atoms with Crippen molar-refractivity contribution in [3.05, 3.63) is 63.2 Å². The number of ether oxygens (including phenoxy) is 2. The van der Waals surface area contributed by atoms with E-state index in [-0.39, 0.29) is 23.8 Å². The summed E-state index contributed by atoms with van der Waals surface area (Å²) < 4.78 is 11.5. The van der Waals surface area contributed by atoms with Gasteiger partial charge in [-0.3, -0.25) is 19.7 Å². The van der Waals surface area contributed by atoms with Crippen LogP contribution in [0, 0.1) is 17.0 Å². The minimum absolute atomic E-state index is 0.0215. The zero-order chi connectivity index (χ0) is 21.5. The summed E-state index contributed by atoms with van der Waals surface area (Å²) in [5, 5.41) is 11.2. The molecule has 8 heteroatoms. The summed E-state index contributed by atoms with van der Waals surface area (Å²) in [7, 11) is 1.56. The van der Waals surface area contributed by atoms with Crippen LogP contribution < -0.4 is 9.47 Å². The standard InChI is InChI=1S/C22H22N2O6/c1-14-16(4-3-5-18(14)24(27)28)21(26)23-10-8-22(9-11-23)13-19(25)17-7-6-15(29-2)12-20(17)30-22/h3-7,12H,8-11,13H2,1-2H3. The number of Topliss-reactive ketones (excluding diaryl/α,β-unsaturated/α-hetero) is 1. The molecule has 4 rings (SSSR count). The quantitative estimate of drug-likeness (QED) is 0.567. The fraction of sp³-hybridized carbons (Fsp3) is 0.364. The van der Waals surface area contributed by atoms with Gasteiger partial charge in [0.2, 0.25) is 0 Å². The Morgan fingerprint density at radius 3 is 2.63 bits per heavy atom. The zero-order valence-electron chi connectivity index (χ0n) is 16.8. The van der Waals surface area contributed by atoms with Gasteiger partial charge in [0.05, 0.1) is 24.0 Å². The van der Waals surface area contributed by atoms with Crippen molar-refractivity contribution in [1.29, 1.82) is 0 Å². The van der Waals surface area contributed by atoms with Crippen molar-refractivity contribution >= 4 is 17.4 Å². The van der Waals surface area contributed by atoms with Gasteiger partial charge >= 0.3 is 0 Å². The van der Waals surface area contributed by atoms with Crippen LogP contribution in [0.15, 0.2) is 36.4 Å². The summed E-state index contributed by atoms with van der Waals surface area (Å²) in [5.74, 6) is 0.913. The molecule has 2 aliphatic heterocycles. The van der Waals surface area contributed by atoms with Gasteiger partial charge in [-0.2, -0.15) is 0 Å². The molecule has 30 heavy (non-hydrogen) atoms. The van der Waals surface area contributed by atoms with Crippen LogP contribution in [0.5, 0.6) is 11.5 Å². The molecule has 0 radical (unpaired) electrons. The molecule has 2 aromatic carbocycles. The first kappa shape index (κ1) is 19.9. The summed E-state index contributed by atoms with van der Waals surface area (Å²) in [6, 6.07) is 9.70. The number of nitrogens with zero attached hydrogens (tertiary/aromatic N) is 2. The van der Waals surface area contributed by atoms with E-state index in [0.29, 0.717) is 54.1 Å². The Morgan fingerprint density at radius 2 is 1.97 bits per heavy atom. The number of piperidine rings is 1. The van der Waals surface area contributed by atoms with E-state index in [0.717, 1.165) is 0 Å². The van der Waals surface area contributed by atoms with Crippen molar-refractivity contribution in [2.45, 2.75) is 31.8 Å².